The van der Waals surface area contributed by atoms with Crippen LogP contribution in [0.5, 0.6) is 0 Å². The standard InChI is InChI=1S/C20H33ClFN3O3S/c21-15-8-7-14(18(22)10-15)11-23-29(27,28)25-20(26)24-19-16-5-1-3-12(16)9-13-4-2-6-17(13)19/h12-19,23H,1-11H2,(H2,24,25,26). The molecule has 4 aliphatic carbocycles. The highest BCUT2D eigenvalue weighted by molar-refractivity contribution is 7.88. The van der Waals surface area contributed by atoms with Crippen LogP contribution in [0.1, 0.15) is 64.2 Å². The van der Waals surface area contributed by atoms with Crippen molar-refractivity contribution in [2.24, 2.45) is 29.6 Å². The molecule has 6 nitrogen and oxygen atoms in total. The van der Waals surface area contributed by atoms with E-state index in [0.717, 1.165) is 12.8 Å². The fraction of sp³-hybridized carbons (Fsp3) is 0.950. The third-order valence-electron chi connectivity index (χ3n) is 7.87. The van der Waals surface area contributed by atoms with Crippen molar-refractivity contribution in [3.8, 4) is 0 Å². The van der Waals surface area contributed by atoms with Gasteiger partial charge in [-0.3, -0.25) is 0 Å². The molecule has 29 heavy (non-hydrogen) atoms. The Kier molecular flexibility index (Phi) is 6.61. The van der Waals surface area contributed by atoms with Crippen molar-refractivity contribution in [2.75, 3.05) is 6.54 Å². The molecule has 0 aromatic heterocycles. The van der Waals surface area contributed by atoms with Crippen LogP contribution in [0, 0.1) is 29.6 Å². The number of carbonyl (C=O) groups excluding carboxylic acids is 1. The van der Waals surface area contributed by atoms with Crippen molar-refractivity contribution in [1.29, 1.82) is 0 Å². The molecule has 0 aromatic carbocycles. The maximum absolute atomic E-state index is 14.1. The smallest absolute Gasteiger partial charge is 0.329 e. The third-order valence-corrected chi connectivity index (χ3v) is 9.26. The molecule has 0 aliphatic heterocycles. The highest BCUT2D eigenvalue weighted by Crippen LogP contribution is 2.52. The summed E-state index contributed by atoms with van der Waals surface area (Å²) >= 11 is 5.96. The quantitative estimate of drug-likeness (QED) is 0.561. The normalized spacial score (nSPS) is 42.1. The first-order valence-corrected chi connectivity index (χ1v) is 13.1. The molecule has 4 rings (SSSR count). The van der Waals surface area contributed by atoms with Crippen molar-refractivity contribution in [3.63, 3.8) is 0 Å². The molecule has 0 radical (unpaired) electrons. The van der Waals surface area contributed by atoms with Gasteiger partial charge in [-0.15, -0.1) is 11.6 Å². The molecule has 3 N–H and O–H groups in total. The number of rotatable bonds is 5. The number of nitrogens with one attached hydrogen (secondary N) is 3. The molecule has 166 valence electrons. The second-order valence-corrected chi connectivity index (χ2v) is 11.7. The summed E-state index contributed by atoms with van der Waals surface area (Å²) in [6.07, 6.45) is 8.68. The Morgan fingerprint density at radius 2 is 1.62 bits per heavy atom. The highest BCUT2D eigenvalue weighted by Gasteiger charge is 2.48. The molecular formula is C20H33ClFN3O3S. The fourth-order valence-corrected chi connectivity index (χ4v) is 7.60. The van der Waals surface area contributed by atoms with E-state index in [1.165, 1.54) is 32.1 Å². The second-order valence-electron chi connectivity index (χ2n) is 9.58. The van der Waals surface area contributed by atoms with E-state index in [-0.39, 0.29) is 24.4 Å². The first kappa shape index (κ1) is 21.6. The predicted molar refractivity (Wildman–Crippen MR) is 111 cm³/mol. The Morgan fingerprint density at radius 3 is 2.24 bits per heavy atom. The van der Waals surface area contributed by atoms with E-state index >= 15 is 0 Å². The minimum Gasteiger partial charge on any atom is -0.334 e. The molecule has 7 unspecified atom stereocenters. The molecule has 0 spiro atoms. The number of fused-ring (bicyclic) bond motifs is 2. The van der Waals surface area contributed by atoms with E-state index in [2.05, 4.69) is 14.8 Å². The Bertz CT molecular complexity index is 689. The summed E-state index contributed by atoms with van der Waals surface area (Å²) in [5.41, 5.74) is 0. The summed E-state index contributed by atoms with van der Waals surface area (Å²) in [5, 5.41) is 2.83. The van der Waals surface area contributed by atoms with Crippen LogP contribution in [-0.4, -0.2) is 38.6 Å². The van der Waals surface area contributed by atoms with Gasteiger partial charge in [0.25, 0.3) is 0 Å². The second kappa shape index (κ2) is 8.87. The first-order chi connectivity index (χ1) is 13.8. The molecule has 4 fully saturated rings. The van der Waals surface area contributed by atoms with E-state index in [9.17, 15) is 17.6 Å². The molecule has 0 saturated heterocycles. The molecule has 2 amide bonds. The van der Waals surface area contributed by atoms with Crippen molar-refractivity contribution in [3.05, 3.63) is 0 Å². The Hall–Kier alpha value is -0.600. The zero-order valence-corrected chi connectivity index (χ0v) is 18.4. The lowest BCUT2D eigenvalue weighted by atomic mass is 9.67. The number of hydrogen-bond acceptors (Lipinski definition) is 3. The van der Waals surface area contributed by atoms with Crippen LogP contribution in [0.15, 0.2) is 0 Å². The lowest BCUT2D eigenvalue weighted by Crippen LogP contribution is -2.55. The fourth-order valence-electron chi connectivity index (χ4n) is 6.50. The average molecular weight is 450 g/mol. The highest BCUT2D eigenvalue weighted by atomic mass is 35.5. The number of hydrogen-bond donors (Lipinski definition) is 3. The minimum absolute atomic E-state index is 0.0216. The van der Waals surface area contributed by atoms with E-state index < -0.39 is 28.3 Å². The van der Waals surface area contributed by atoms with Crippen LogP contribution < -0.4 is 14.8 Å². The predicted octanol–water partition coefficient (Wildman–Crippen LogP) is 3.47. The van der Waals surface area contributed by atoms with Crippen LogP contribution in [-0.2, 0) is 10.2 Å². The van der Waals surface area contributed by atoms with E-state index in [1.807, 2.05) is 0 Å². The molecule has 0 heterocycles. The van der Waals surface area contributed by atoms with Gasteiger partial charge in [-0.1, -0.05) is 25.7 Å². The molecule has 9 heteroatoms. The summed E-state index contributed by atoms with van der Waals surface area (Å²) in [4.78, 5) is 12.5. The number of halogens is 2. The van der Waals surface area contributed by atoms with Crippen LogP contribution in [0.2, 0.25) is 0 Å². The Morgan fingerprint density at radius 1 is 0.966 bits per heavy atom. The lowest BCUT2D eigenvalue weighted by molar-refractivity contribution is 0.106. The van der Waals surface area contributed by atoms with Crippen LogP contribution in [0.3, 0.4) is 0 Å². The Labute approximate surface area is 178 Å². The van der Waals surface area contributed by atoms with E-state index in [1.54, 1.807) is 0 Å². The van der Waals surface area contributed by atoms with Gasteiger partial charge in [0, 0.05) is 23.9 Å². The van der Waals surface area contributed by atoms with Gasteiger partial charge in [0.15, 0.2) is 0 Å². The summed E-state index contributed by atoms with van der Waals surface area (Å²) in [6, 6.07) is -0.602. The molecule has 7 atom stereocenters. The van der Waals surface area contributed by atoms with Gasteiger partial charge in [0.05, 0.1) is 0 Å². The monoisotopic (exact) mass is 449 g/mol. The van der Waals surface area contributed by atoms with Crippen molar-refractivity contribution in [2.45, 2.75) is 81.8 Å². The van der Waals surface area contributed by atoms with Crippen LogP contribution in [0.25, 0.3) is 0 Å². The van der Waals surface area contributed by atoms with Gasteiger partial charge in [0.2, 0.25) is 0 Å². The zero-order valence-electron chi connectivity index (χ0n) is 16.8. The van der Waals surface area contributed by atoms with Gasteiger partial charge in [0.1, 0.15) is 6.17 Å². The SMILES string of the molecule is O=C(NC1C2CCCC2CC2CCCC21)NS(=O)(=O)NCC1CCC(Cl)CC1F. The maximum Gasteiger partial charge on any atom is 0.329 e. The van der Waals surface area contributed by atoms with Gasteiger partial charge >= 0.3 is 16.2 Å². The van der Waals surface area contributed by atoms with Crippen LogP contribution in [0.4, 0.5) is 9.18 Å². The third kappa shape index (κ3) is 5.01. The largest absolute Gasteiger partial charge is 0.334 e. The molecule has 0 bridgehead atoms. The van der Waals surface area contributed by atoms with Gasteiger partial charge in [-0.25, -0.2) is 13.9 Å². The van der Waals surface area contributed by atoms with E-state index in [0.29, 0.717) is 36.5 Å². The summed E-state index contributed by atoms with van der Waals surface area (Å²) in [7, 11) is -4.02. The van der Waals surface area contributed by atoms with E-state index in [4.69, 9.17) is 11.6 Å². The lowest BCUT2D eigenvalue weighted by Gasteiger charge is -2.42. The summed E-state index contributed by atoms with van der Waals surface area (Å²) < 4.78 is 43.2. The summed E-state index contributed by atoms with van der Waals surface area (Å²) in [5.74, 6) is 1.85. The van der Waals surface area contributed by atoms with Crippen LogP contribution >= 0.6 is 11.6 Å². The Balaban J connectivity index is 1.31. The zero-order chi connectivity index (χ0) is 20.6. The minimum atomic E-state index is -4.02. The van der Waals surface area contributed by atoms with Gasteiger partial charge in [-0.2, -0.15) is 13.1 Å². The maximum atomic E-state index is 14.1. The van der Waals surface area contributed by atoms with Crippen molar-refractivity contribution < 1.29 is 17.6 Å². The number of alkyl halides is 2. The summed E-state index contributed by atoms with van der Waals surface area (Å²) in [6.45, 7) is -0.0216. The van der Waals surface area contributed by atoms with Crippen molar-refractivity contribution >= 4 is 27.8 Å². The molecule has 4 saturated carbocycles. The van der Waals surface area contributed by atoms with Gasteiger partial charge in [-0.05, 0) is 62.2 Å². The molecule has 0 aromatic rings. The molecular weight excluding hydrogens is 417 g/mol. The molecule has 4 aliphatic rings. The average Bonchev–Trinajstić information content (AvgIpc) is 3.29. The number of urea groups is 1. The number of carbonyl (C=O) groups is 1. The van der Waals surface area contributed by atoms with Crippen molar-refractivity contribution in [1.82, 2.24) is 14.8 Å². The first-order valence-electron chi connectivity index (χ1n) is 11.2. The number of amides is 2. The van der Waals surface area contributed by atoms with Gasteiger partial charge < -0.3 is 5.32 Å². The topological polar surface area (TPSA) is 87.3 Å².